The third kappa shape index (κ3) is 5.96. The van der Waals surface area contributed by atoms with E-state index in [1.54, 1.807) is 0 Å². The molecule has 2 aromatic heterocycles. The van der Waals surface area contributed by atoms with Gasteiger partial charge < -0.3 is 4.42 Å². The van der Waals surface area contributed by atoms with Crippen LogP contribution in [0.1, 0.15) is 0 Å². The number of nitrogens with zero attached hydrogens (tertiary/aromatic N) is 3. The summed E-state index contributed by atoms with van der Waals surface area (Å²) in [6, 6.07) is 74.6. The Kier molecular flexibility index (Phi) is 8.13. The molecule has 0 aliphatic heterocycles. The molecule has 0 fully saturated rings. The van der Waals surface area contributed by atoms with E-state index in [4.69, 9.17) is 19.4 Å². The highest BCUT2D eigenvalue weighted by Crippen LogP contribution is 2.41. The first-order chi connectivity index (χ1) is 30.2. The summed E-state index contributed by atoms with van der Waals surface area (Å²) in [5, 5.41) is 9.59. The molecule has 0 saturated carbocycles. The molecular formula is C57H35N3O. The summed E-state index contributed by atoms with van der Waals surface area (Å²) in [4.78, 5) is 15.8. The molecule has 4 heteroatoms. The van der Waals surface area contributed by atoms with Gasteiger partial charge in [0.15, 0.2) is 17.5 Å². The lowest BCUT2D eigenvalue weighted by Gasteiger charge is -2.15. The van der Waals surface area contributed by atoms with Crippen molar-refractivity contribution in [2.45, 2.75) is 0 Å². The van der Waals surface area contributed by atoms with E-state index in [0.29, 0.717) is 17.5 Å². The van der Waals surface area contributed by atoms with Gasteiger partial charge in [-0.1, -0.05) is 188 Å². The molecule has 0 amide bonds. The van der Waals surface area contributed by atoms with Crippen LogP contribution in [0.2, 0.25) is 0 Å². The van der Waals surface area contributed by atoms with Crippen LogP contribution in [0.15, 0.2) is 217 Å². The van der Waals surface area contributed by atoms with Gasteiger partial charge in [-0.2, -0.15) is 0 Å². The fraction of sp³-hybridized carbons (Fsp3) is 0. The molecule has 12 aromatic rings. The summed E-state index contributed by atoms with van der Waals surface area (Å²) in [6.07, 6.45) is 0. The predicted octanol–water partition coefficient (Wildman–Crippen LogP) is 15.2. The van der Waals surface area contributed by atoms with Gasteiger partial charge in [0.25, 0.3) is 0 Å². The predicted molar refractivity (Wildman–Crippen MR) is 252 cm³/mol. The van der Waals surface area contributed by atoms with Crippen LogP contribution in [0.25, 0.3) is 122 Å². The normalized spacial score (nSPS) is 11.6. The molecule has 0 bridgehead atoms. The van der Waals surface area contributed by atoms with E-state index in [9.17, 15) is 0 Å². The zero-order valence-corrected chi connectivity index (χ0v) is 33.0. The number of hydrogen-bond donors (Lipinski definition) is 0. The number of hydrogen-bond acceptors (Lipinski definition) is 4. The highest BCUT2D eigenvalue weighted by molar-refractivity contribution is 6.20. The molecule has 10 aromatic carbocycles. The highest BCUT2D eigenvalue weighted by Gasteiger charge is 2.19. The van der Waals surface area contributed by atoms with E-state index in [1.165, 1.54) is 37.9 Å². The molecule has 61 heavy (non-hydrogen) atoms. The largest absolute Gasteiger partial charge is 0.456 e. The molecule has 0 aliphatic carbocycles. The van der Waals surface area contributed by atoms with E-state index in [1.807, 2.05) is 36.4 Å². The lowest BCUT2D eigenvalue weighted by Crippen LogP contribution is -2.02. The Labute approximate surface area is 352 Å². The summed E-state index contributed by atoms with van der Waals surface area (Å²) in [5.74, 6) is 1.81. The van der Waals surface area contributed by atoms with Crippen molar-refractivity contribution >= 4 is 54.3 Å². The molecule has 12 rings (SSSR count). The maximum Gasteiger partial charge on any atom is 0.164 e. The van der Waals surface area contributed by atoms with Crippen LogP contribution < -0.4 is 0 Å². The number of benzene rings is 10. The van der Waals surface area contributed by atoms with E-state index in [-0.39, 0.29) is 0 Å². The lowest BCUT2D eigenvalue weighted by molar-refractivity contribution is 0.669. The van der Waals surface area contributed by atoms with Crippen LogP contribution in [0.5, 0.6) is 0 Å². The summed E-state index contributed by atoms with van der Waals surface area (Å²) < 4.78 is 6.34. The van der Waals surface area contributed by atoms with Crippen molar-refractivity contribution in [1.29, 1.82) is 0 Å². The van der Waals surface area contributed by atoms with Crippen molar-refractivity contribution in [1.82, 2.24) is 15.0 Å². The minimum absolute atomic E-state index is 0.596. The Bertz CT molecular complexity index is 3650. The molecule has 0 aliphatic rings. The quantitative estimate of drug-likeness (QED) is 0.125. The second-order valence-electron chi connectivity index (χ2n) is 15.5. The van der Waals surface area contributed by atoms with Gasteiger partial charge in [-0.05, 0) is 90.0 Å². The van der Waals surface area contributed by atoms with Crippen LogP contribution in [-0.4, -0.2) is 15.0 Å². The van der Waals surface area contributed by atoms with Gasteiger partial charge >= 0.3 is 0 Å². The van der Waals surface area contributed by atoms with Crippen molar-refractivity contribution in [3.8, 4) is 67.5 Å². The van der Waals surface area contributed by atoms with Crippen molar-refractivity contribution in [2.24, 2.45) is 0 Å². The van der Waals surface area contributed by atoms with E-state index >= 15 is 0 Å². The maximum absolute atomic E-state index is 6.34. The second-order valence-corrected chi connectivity index (χ2v) is 15.5. The fourth-order valence-corrected chi connectivity index (χ4v) is 9.03. The minimum Gasteiger partial charge on any atom is -0.456 e. The van der Waals surface area contributed by atoms with Crippen LogP contribution in [0.3, 0.4) is 0 Å². The molecule has 0 saturated heterocycles. The molecule has 0 N–H and O–H groups in total. The van der Waals surface area contributed by atoms with Crippen LogP contribution in [0.4, 0.5) is 0 Å². The Morgan fingerprint density at radius 2 is 0.787 bits per heavy atom. The first kappa shape index (κ1) is 34.8. The third-order valence-corrected chi connectivity index (χ3v) is 11.9. The van der Waals surface area contributed by atoms with E-state index < -0.39 is 0 Å². The summed E-state index contributed by atoms with van der Waals surface area (Å²) in [6.45, 7) is 0. The molecular weight excluding hydrogens is 743 g/mol. The van der Waals surface area contributed by atoms with Crippen LogP contribution >= 0.6 is 0 Å². The Morgan fingerprint density at radius 3 is 1.54 bits per heavy atom. The van der Waals surface area contributed by atoms with Gasteiger partial charge in [-0.3, -0.25) is 0 Å². The topological polar surface area (TPSA) is 51.8 Å². The molecule has 0 unspecified atom stereocenters. The van der Waals surface area contributed by atoms with Crippen molar-refractivity contribution in [2.75, 3.05) is 0 Å². The Hall–Kier alpha value is -8.21. The Morgan fingerprint density at radius 1 is 0.262 bits per heavy atom. The molecule has 284 valence electrons. The number of furan rings is 1. The highest BCUT2D eigenvalue weighted by atomic mass is 16.3. The average molecular weight is 778 g/mol. The van der Waals surface area contributed by atoms with Gasteiger partial charge in [-0.15, -0.1) is 0 Å². The summed E-state index contributed by atoms with van der Waals surface area (Å²) in [7, 11) is 0. The zero-order chi connectivity index (χ0) is 40.3. The van der Waals surface area contributed by atoms with Crippen molar-refractivity contribution in [3.05, 3.63) is 212 Å². The van der Waals surface area contributed by atoms with Crippen LogP contribution in [0, 0.1) is 0 Å². The average Bonchev–Trinajstić information content (AvgIpc) is 3.71. The fourth-order valence-electron chi connectivity index (χ4n) is 9.03. The Balaban J connectivity index is 1.04. The van der Waals surface area contributed by atoms with E-state index in [2.05, 4.69) is 176 Å². The summed E-state index contributed by atoms with van der Waals surface area (Å²) >= 11 is 0. The number of fused-ring (bicyclic) bond motifs is 7. The standard InChI is InChI=1S/C57H35N3O/c1-2-14-36(15-3-1)42-18-8-10-23-49(42)56-58-55(59-57(60-56)50-24-11-9-20-44(50)41-31-32-47-46-22-12-13-25-52(46)61-53(47)35-41)39-28-26-38(27-29-39)54-45-21-7-5-17-40(45)34-51-43-19-6-4-16-37(43)30-33-48(51)54/h1-35H. The van der Waals surface area contributed by atoms with Gasteiger partial charge in [0.1, 0.15) is 11.2 Å². The first-order valence-corrected chi connectivity index (χ1v) is 20.6. The van der Waals surface area contributed by atoms with Gasteiger partial charge in [0, 0.05) is 27.5 Å². The van der Waals surface area contributed by atoms with Crippen LogP contribution in [-0.2, 0) is 0 Å². The molecule has 4 nitrogen and oxygen atoms in total. The zero-order valence-electron chi connectivity index (χ0n) is 33.0. The number of aromatic nitrogens is 3. The SMILES string of the molecule is c1ccc(-c2ccccc2-c2nc(-c3ccc(-c4c5ccccc5cc5c4ccc4ccccc45)cc3)nc(-c3ccccc3-c3ccc4c(c3)oc3ccccc34)n2)cc1. The van der Waals surface area contributed by atoms with Crippen molar-refractivity contribution in [3.63, 3.8) is 0 Å². The number of para-hydroxylation sites is 1. The first-order valence-electron chi connectivity index (χ1n) is 20.6. The van der Waals surface area contributed by atoms with E-state index in [0.717, 1.165) is 66.4 Å². The molecule has 0 spiro atoms. The minimum atomic E-state index is 0.596. The van der Waals surface area contributed by atoms with Gasteiger partial charge in [-0.25, -0.2) is 15.0 Å². The van der Waals surface area contributed by atoms with Gasteiger partial charge in [0.2, 0.25) is 0 Å². The maximum atomic E-state index is 6.34. The summed E-state index contributed by atoms with van der Waals surface area (Å²) in [5.41, 5.74) is 11.0. The lowest BCUT2D eigenvalue weighted by atomic mass is 9.89. The smallest absolute Gasteiger partial charge is 0.164 e. The second kappa shape index (κ2) is 14.3. The monoisotopic (exact) mass is 777 g/mol. The van der Waals surface area contributed by atoms with Crippen molar-refractivity contribution < 1.29 is 4.42 Å². The third-order valence-electron chi connectivity index (χ3n) is 11.9. The molecule has 0 radical (unpaired) electrons. The van der Waals surface area contributed by atoms with Gasteiger partial charge in [0.05, 0.1) is 0 Å². The molecule has 0 atom stereocenters. The molecule has 2 heterocycles. The number of rotatable bonds is 6.